The number of hydrogen-bond acceptors (Lipinski definition) is 2. The van der Waals surface area contributed by atoms with Gasteiger partial charge in [-0.3, -0.25) is 0 Å². The Labute approximate surface area is 81.1 Å². The lowest BCUT2D eigenvalue weighted by atomic mass is 10.3. The lowest BCUT2D eigenvalue weighted by molar-refractivity contribution is -0.295. The molecule has 0 aliphatic carbocycles. The van der Waals surface area contributed by atoms with Gasteiger partial charge in [-0.25, -0.2) is 4.79 Å². The summed E-state index contributed by atoms with van der Waals surface area (Å²) in [6, 6.07) is 0. The van der Waals surface area contributed by atoms with Gasteiger partial charge in [0.15, 0.2) is 0 Å². The van der Waals surface area contributed by atoms with E-state index in [0.29, 0.717) is 6.08 Å². The standard InChI is InChI=1S/C7H7F5O3/c8-6(9,7(10,11)12)4-15-3-1-2-5(13)14/h1-2H,3-4H2,(H,13,14)/b2-1+. The summed E-state index contributed by atoms with van der Waals surface area (Å²) in [7, 11) is 0. The fourth-order valence-electron chi connectivity index (χ4n) is 0.486. The van der Waals surface area contributed by atoms with Crippen molar-refractivity contribution in [3.8, 4) is 0 Å². The quantitative estimate of drug-likeness (QED) is 0.448. The summed E-state index contributed by atoms with van der Waals surface area (Å²) in [6.45, 7) is -2.46. The highest BCUT2D eigenvalue weighted by atomic mass is 19.4. The van der Waals surface area contributed by atoms with Crippen molar-refractivity contribution < 1.29 is 36.6 Å². The highest BCUT2D eigenvalue weighted by Crippen LogP contribution is 2.35. The Morgan fingerprint density at radius 2 is 1.80 bits per heavy atom. The molecule has 0 unspecified atom stereocenters. The molecule has 0 radical (unpaired) electrons. The average Bonchev–Trinajstić information content (AvgIpc) is 2.00. The van der Waals surface area contributed by atoms with Crippen LogP contribution in [-0.4, -0.2) is 36.4 Å². The first kappa shape index (κ1) is 13.8. The second kappa shape index (κ2) is 5.06. The molecule has 0 aliphatic rings. The summed E-state index contributed by atoms with van der Waals surface area (Å²) in [5.74, 6) is -6.27. The predicted molar refractivity (Wildman–Crippen MR) is 38.6 cm³/mol. The van der Waals surface area contributed by atoms with E-state index in [-0.39, 0.29) is 0 Å². The number of halogens is 5. The molecule has 0 rings (SSSR count). The molecule has 0 saturated carbocycles. The average molecular weight is 234 g/mol. The molecule has 1 N–H and O–H groups in total. The predicted octanol–water partition coefficient (Wildman–Crippen LogP) is 1.84. The van der Waals surface area contributed by atoms with Crippen molar-refractivity contribution in [2.24, 2.45) is 0 Å². The Bertz CT molecular complexity index is 246. The van der Waals surface area contributed by atoms with Crippen molar-refractivity contribution in [3.05, 3.63) is 12.2 Å². The van der Waals surface area contributed by atoms with Crippen LogP contribution in [0.3, 0.4) is 0 Å². The zero-order valence-corrected chi connectivity index (χ0v) is 7.22. The molecule has 0 fully saturated rings. The summed E-state index contributed by atoms with van der Waals surface area (Å²) in [5, 5.41) is 8.03. The SMILES string of the molecule is O=C(O)/C=C/COCC(F)(F)C(F)(F)F. The Hall–Kier alpha value is -1.18. The Kier molecular flexibility index (Phi) is 4.66. The van der Waals surface area contributed by atoms with Crippen LogP contribution in [-0.2, 0) is 9.53 Å². The molecule has 0 aromatic rings. The second-order valence-electron chi connectivity index (χ2n) is 2.46. The van der Waals surface area contributed by atoms with E-state index >= 15 is 0 Å². The summed E-state index contributed by atoms with van der Waals surface area (Å²) < 4.78 is 62.8. The van der Waals surface area contributed by atoms with Gasteiger partial charge in [-0.1, -0.05) is 6.08 Å². The van der Waals surface area contributed by atoms with Crippen LogP contribution in [0.5, 0.6) is 0 Å². The molecule has 15 heavy (non-hydrogen) atoms. The minimum absolute atomic E-state index is 0.575. The van der Waals surface area contributed by atoms with Crippen LogP contribution in [0.1, 0.15) is 0 Å². The van der Waals surface area contributed by atoms with Gasteiger partial charge in [0, 0.05) is 6.08 Å². The van der Waals surface area contributed by atoms with Crippen LogP contribution in [0.25, 0.3) is 0 Å². The number of hydrogen-bond donors (Lipinski definition) is 1. The third kappa shape index (κ3) is 5.31. The summed E-state index contributed by atoms with van der Waals surface area (Å²) in [6.07, 6.45) is -4.27. The first-order valence-corrected chi connectivity index (χ1v) is 3.58. The molecule has 88 valence electrons. The number of aliphatic carboxylic acids is 1. The third-order valence-corrected chi connectivity index (χ3v) is 1.17. The molecule has 0 spiro atoms. The monoisotopic (exact) mass is 234 g/mol. The van der Waals surface area contributed by atoms with Crippen molar-refractivity contribution in [1.29, 1.82) is 0 Å². The van der Waals surface area contributed by atoms with E-state index in [0.717, 1.165) is 6.08 Å². The largest absolute Gasteiger partial charge is 0.478 e. The van der Waals surface area contributed by atoms with Crippen LogP contribution in [0.4, 0.5) is 22.0 Å². The summed E-state index contributed by atoms with van der Waals surface area (Å²) in [5.41, 5.74) is 0. The molecular formula is C7H7F5O3. The van der Waals surface area contributed by atoms with Crippen LogP contribution in [0.15, 0.2) is 12.2 Å². The molecule has 0 atom stereocenters. The summed E-state index contributed by atoms with van der Waals surface area (Å²) >= 11 is 0. The Morgan fingerprint density at radius 3 is 2.20 bits per heavy atom. The fraction of sp³-hybridized carbons (Fsp3) is 0.571. The van der Waals surface area contributed by atoms with Gasteiger partial charge in [0.05, 0.1) is 6.61 Å². The van der Waals surface area contributed by atoms with E-state index in [9.17, 15) is 26.7 Å². The van der Waals surface area contributed by atoms with Crippen molar-refractivity contribution in [2.75, 3.05) is 13.2 Å². The molecule has 0 saturated heterocycles. The van der Waals surface area contributed by atoms with Crippen molar-refractivity contribution in [2.45, 2.75) is 12.1 Å². The Morgan fingerprint density at radius 1 is 1.27 bits per heavy atom. The van der Waals surface area contributed by atoms with E-state index in [1.54, 1.807) is 0 Å². The number of carboxylic acid groups (broad SMARTS) is 1. The van der Waals surface area contributed by atoms with Crippen LogP contribution < -0.4 is 0 Å². The summed E-state index contributed by atoms with van der Waals surface area (Å²) in [4.78, 5) is 9.85. The molecule has 0 aliphatic heterocycles. The molecule has 0 amide bonds. The number of rotatable bonds is 5. The molecular weight excluding hydrogens is 227 g/mol. The normalized spacial score (nSPS) is 13.4. The molecule has 3 nitrogen and oxygen atoms in total. The molecule has 0 heterocycles. The Balaban J connectivity index is 3.91. The number of carbonyl (C=O) groups is 1. The maximum Gasteiger partial charge on any atom is 0.455 e. The van der Waals surface area contributed by atoms with Crippen molar-refractivity contribution in [1.82, 2.24) is 0 Å². The van der Waals surface area contributed by atoms with Gasteiger partial charge >= 0.3 is 18.1 Å². The van der Waals surface area contributed by atoms with Gasteiger partial charge < -0.3 is 9.84 Å². The van der Waals surface area contributed by atoms with Crippen LogP contribution >= 0.6 is 0 Å². The first-order valence-electron chi connectivity index (χ1n) is 3.58. The van der Waals surface area contributed by atoms with Crippen LogP contribution in [0.2, 0.25) is 0 Å². The number of alkyl halides is 5. The second-order valence-corrected chi connectivity index (χ2v) is 2.46. The van der Waals surface area contributed by atoms with Gasteiger partial charge in [0.2, 0.25) is 0 Å². The maximum atomic E-state index is 12.1. The zero-order chi connectivity index (χ0) is 12.1. The lowest BCUT2D eigenvalue weighted by Gasteiger charge is -2.18. The minimum atomic E-state index is -5.66. The van der Waals surface area contributed by atoms with Crippen LogP contribution in [0, 0.1) is 0 Å². The van der Waals surface area contributed by atoms with Crippen molar-refractivity contribution >= 4 is 5.97 Å². The molecule has 0 aromatic heterocycles. The van der Waals surface area contributed by atoms with Gasteiger partial charge in [-0.15, -0.1) is 0 Å². The van der Waals surface area contributed by atoms with E-state index in [1.165, 1.54) is 0 Å². The lowest BCUT2D eigenvalue weighted by Crippen LogP contribution is -2.40. The first-order chi connectivity index (χ1) is 6.67. The highest BCUT2D eigenvalue weighted by Gasteiger charge is 2.57. The third-order valence-electron chi connectivity index (χ3n) is 1.17. The van der Waals surface area contributed by atoms with Crippen molar-refractivity contribution in [3.63, 3.8) is 0 Å². The van der Waals surface area contributed by atoms with E-state index < -0.39 is 31.3 Å². The molecule has 0 bridgehead atoms. The fourth-order valence-corrected chi connectivity index (χ4v) is 0.486. The topological polar surface area (TPSA) is 46.5 Å². The zero-order valence-electron chi connectivity index (χ0n) is 7.22. The van der Waals surface area contributed by atoms with Gasteiger partial charge in [-0.2, -0.15) is 22.0 Å². The molecule has 8 heteroatoms. The number of ether oxygens (including phenoxy) is 1. The van der Waals surface area contributed by atoms with E-state index in [2.05, 4.69) is 4.74 Å². The van der Waals surface area contributed by atoms with Gasteiger partial charge in [0.1, 0.15) is 6.61 Å². The van der Waals surface area contributed by atoms with E-state index in [4.69, 9.17) is 5.11 Å². The van der Waals surface area contributed by atoms with Gasteiger partial charge in [-0.05, 0) is 0 Å². The molecule has 0 aromatic carbocycles. The smallest absolute Gasteiger partial charge is 0.455 e. The maximum absolute atomic E-state index is 12.1. The minimum Gasteiger partial charge on any atom is -0.478 e. The number of carboxylic acids is 1. The highest BCUT2D eigenvalue weighted by molar-refractivity contribution is 5.79. The van der Waals surface area contributed by atoms with E-state index in [1.807, 2.05) is 0 Å². The van der Waals surface area contributed by atoms with Gasteiger partial charge in [0.25, 0.3) is 0 Å².